The van der Waals surface area contributed by atoms with E-state index in [-0.39, 0.29) is 13.1 Å². The zero-order chi connectivity index (χ0) is 22.3. The maximum Gasteiger partial charge on any atom is 0.471 e. The lowest BCUT2D eigenvalue weighted by atomic mass is 9.84. The van der Waals surface area contributed by atoms with Crippen LogP contribution in [-0.2, 0) is 22.4 Å². The van der Waals surface area contributed by atoms with Crippen molar-refractivity contribution in [2.24, 2.45) is 0 Å². The lowest BCUT2D eigenvalue weighted by Crippen LogP contribution is -2.44. The van der Waals surface area contributed by atoms with Gasteiger partial charge in [0.25, 0.3) is 0 Å². The molecule has 2 atom stereocenters. The van der Waals surface area contributed by atoms with E-state index in [1.54, 1.807) is 13.2 Å². The highest BCUT2D eigenvalue weighted by molar-refractivity contribution is 5.82. The molecule has 0 bridgehead atoms. The monoisotopic (exact) mass is 435 g/mol. The van der Waals surface area contributed by atoms with Crippen molar-refractivity contribution in [1.82, 2.24) is 4.90 Å². The minimum Gasteiger partial charge on any atom is -0.493 e. The summed E-state index contributed by atoms with van der Waals surface area (Å²) in [6.45, 7) is -0.292. The number of nitrogens with zero attached hydrogens (tertiary/aromatic N) is 1. The Labute approximate surface area is 178 Å². The molecule has 2 unspecified atom stereocenters. The van der Waals surface area contributed by atoms with Gasteiger partial charge in [0.2, 0.25) is 0 Å². The van der Waals surface area contributed by atoms with Gasteiger partial charge in [0.15, 0.2) is 11.5 Å². The molecule has 1 aliphatic carbocycles. The topological polar surface area (TPSA) is 48.0 Å². The molecule has 2 aromatic carbocycles. The largest absolute Gasteiger partial charge is 0.493 e. The Morgan fingerprint density at radius 2 is 1.77 bits per heavy atom. The number of alkyl halides is 3. The summed E-state index contributed by atoms with van der Waals surface area (Å²) in [5.74, 6) is -1.22. The number of rotatable bonds is 3. The fourth-order valence-corrected chi connectivity index (χ4v) is 4.88. The predicted molar refractivity (Wildman–Crippen MR) is 108 cm³/mol. The van der Waals surface area contributed by atoms with Crippen molar-refractivity contribution in [1.29, 1.82) is 0 Å². The van der Waals surface area contributed by atoms with Crippen LogP contribution in [0.25, 0.3) is 0 Å². The first-order chi connectivity index (χ1) is 14.8. The van der Waals surface area contributed by atoms with Gasteiger partial charge >= 0.3 is 12.1 Å². The molecule has 8 heteroatoms. The molecule has 0 saturated carbocycles. The van der Waals surface area contributed by atoms with Crippen molar-refractivity contribution >= 4 is 5.91 Å². The number of amides is 1. The standard InChI is InChI=1S/C23H24F3NO4/c1-29-18-10-16-19(30-2)12-27(22(28)23(24,25)26)11-17-14-7-5-4-6-13(14)8-9-15(20(16)17)21(18)31-3/h4-7,10,17,19H,8-9,11-12H2,1-3H3. The first-order valence-electron chi connectivity index (χ1n) is 10.0. The number of halogens is 3. The molecule has 1 amide bonds. The third kappa shape index (κ3) is 3.63. The summed E-state index contributed by atoms with van der Waals surface area (Å²) in [5.41, 5.74) is 4.46. The average molecular weight is 435 g/mol. The van der Waals surface area contributed by atoms with Crippen molar-refractivity contribution in [3.8, 4) is 11.5 Å². The number of fused-ring (bicyclic) bond motifs is 2. The summed E-state index contributed by atoms with van der Waals surface area (Å²) in [4.78, 5) is 13.2. The summed E-state index contributed by atoms with van der Waals surface area (Å²) in [6, 6.07) is 9.48. The quantitative estimate of drug-likeness (QED) is 0.731. The van der Waals surface area contributed by atoms with Gasteiger partial charge in [-0.15, -0.1) is 0 Å². The second kappa shape index (κ2) is 8.07. The van der Waals surface area contributed by atoms with E-state index >= 15 is 0 Å². The van der Waals surface area contributed by atoms with E-state index < -0.39 is 24.1 Å². The lowest BCUT2D eigenvalue weighted by Gasteiger charge is -2.27. The zero-order valence-electron chi connectivity index (χ0n) is 17.6. The Morgan fingerprint density at radius 3 is 2.42 bits per heavy atom. The lowest BCUT2D eigenvalue weighted by molar-refractivity contribution is -0.186. The van der Waals surface area contributed by atoms with Crippen molar-refractivity contribution in [2.45, 2.75) is 31.0 Å². The highest BCUT2D eigenvalue weighted by Crippen LogP contribution is 2.48. The Kier molecular flexibility index (Phi) is 5.60. The molecule has 166 valence electrons. The molecule has 1 heterocycles. The molecule has 2 aromatic rings. The molecule has 2 aliphatic rings. The van der Waals surface area contributed by atoms with E-state index in [0.29, 0.717) is 24.3 Å². The smallest absolute Gasteiger partial charge is 0.471 e. The van der Waals surface area contributed by atoms with Crippen LogP contribution < -0.4 is 9.47 Å². The number of carbonyl (C=O) groups is 1. The van der Waals surface area contributed by atoms with E-state index in [1.807, 2.05) is 24.3 Å². The van der Waals surface area contributed by atoms with Gasteiger partial charge in [-0.25, -0.2) is 0 Å². The minimum atomic E-state index is -4.96. The van der Waals surface area contributed by atoms with Crippen LogP contribution in [0, 0.1) is 0 Å². The first kappa shape index (κ1) is 21.5. The number of carbonyl (C=O) groups excluding carboxylic acids is 1. The maximum absolute atomic E-state index is 13.4. The first-order valence-corrected chi connectivity index (χ1v) is 10.0. The molecule has 0 N–H and O–H groups in total. The van der Waals surface area contributed by atoms with Crippen LogP contribution in [-0.4, -0.2) is 51.4 Å². The van der Waals surface area contributed by atoms with Crippen LogP contribution in [0.1, 0.15) is 39.8 Å². The van der Waals surface area contributed by atoms with E-state index in [4.69, 9.17) is 14.2 Å². The predicted octanol–water partition coefficient (Wildman–Crippen LogP) is 4.03. The molecule has 1 aliphatic heterocycles. The van der Waals surface area contributed by atoms with Crippen LogP contribution in [0.3, 0.4) is 0 Å². The van der Waals surface area contributed by atoms with Crippen molar-refractivity contribution in [3.63, 3.8) is 0 Å². The van der Waals surface area contributed by atoms with Gasteiger partial charge in [-0.3, -0.25) is 4.79 Å². The second-order valence-electron chi connectivity index (χ2n) is 7.78. The molecule has 0 spiro atoms. The van der Waals surface area contributed by atoms with Crippen molar-refractivity contribution in [2.75, 3.05) is 34.4 Å². The number of hydrogen-bond acceptors (Lipinski definition) is 4. The number of ether oxygens (including phenoxy) is 3. The average Bonchev–Trinajstić information content (AvgIpc) is 3.02. The number of hydrogen-bond donors (Lipinski definition) is 0. The van der Waals surface area contributed by atoms with E-state index in [0.717, 1.165) is 32.7 Å². The second-order valence-corrected chi connectivity index (χ2v) is 7.78. The molecule has 0 saturated heterocycles. The zero-order valence-corrected chi connectivity index (χ0v) is 17.6. The van der Waals surface area contributed by atoms with Gasteiger partial charge in [-0.1, -0.05) is 24.3 Å². The third-order valence-electron chi connectivity index (χ3n) is 6.22. The van der Waals surface area contributed by atoms with Crippen molar-refractivity contribution in [3.05, 3.63) is 58.1 Å². The van der Waals surface area contributed by atoms with Crippen LogP contribution in [0.4, 0.5) is 13.2 Å². The summed E-state index contributed by atoms with van der Waals surface area (Å²) >= 11 is 0. The fourth-order valence-electron chi connectivity index (χ4n) is 4.88. The summed E-state index contributed by atoms with van der Waals surface area (Å²) < 4.78 is 57.0. The van der Waals surface area contributed by atoms with Crippen LogP contribution in [0.2, 0.25) is 0 Å². The van der Waals surface area contributed by atoms with Gasteiger partial charge in [0.05, 0.1) is 20.8 Å². The molecule has 5 nitrogen and oxygen atoms in total. The molecule has 0 fully saturated rings. The van der Waals surface area contributed by atoms with Crippen LogP contribution >= 0.6 is 0 Å². The van der Waals surface area contributed by atoms with E-state index in [9.17, 15) is 18.0 Å². The normalized spacial score (nSPS) is 20.3. The fraction of sp³-hybridized carbons (Fsp3) is 0.435. The minimum absolute atomic E-state index is 0.0926. The van der Waals surface area contributed by atoms with Gasteiger partial charge in [-0.2, -0.15) is 13.2 Å². The Hall–Kier alpha value is -2.74. The van der Waals surface area contributed by atoms with Crippen LogP contribution in [0.15, 0.2) is 30.3 Å². The summed E-state index contributed by atoms with van der Waals surface area (Å²) in [5, 5.41) is 0. The van der Waals surface area contributed by atoms with Gasteiger partial charge in [0.1, 0.15) is 6.10 Å². The number of aryl methyl sites for hydroxylation is 1. The summed E-state index contributed by atoms with van der Waals surface area (Å²) in [7, 11) is 4.52. The SMILES string of the molecule is COc1cc2c3c(c1OC)CCc1ccccc1C3CN(C(=O)C(F)(F)F)CC2OC. The maximum atomic E-state index is 13.4. The molecule has 0 aromatic heterocycles. The Morgan fingerprint density at radius 1 is 1.03 bits per heavy atom. The molecule has 31 heavy (non-hydrogen) atoms. The summed E-state index contributed by atoms with van der Waals surface area (Å²) in [6.07, 6.45) is -4.35. The van der Waals surface area contributed by atoms with Gasteiger partial charge < -0.3 is 19.1 Å². The highest BCUT2D eigenvalue weighted by Gasteiger charge is 2.46. The van der Waals surface area contributed by atoms with Gasteiger partial charge in [0, 0.05) is 25.1 Å². The molecule has 4 rings (SSSR count). The van der Waals surface area contributed by atoms with Gasteiger partial charge in [-0.05, 0) is 41.2 Å². The van der Waals surface area contributed by atoms with E-state index in [1.165, 1.54) is 14.2 Å². The Bertz CT molecular complexity index is 1010. The highest BCUT2D eigenvalue weighted by atomic mass is 19.4. The van der Waals surface area contributed by atoms with Crippen LogP contribution in [0.5, 0.6) is 11.5 Å². The number of benzene rings is 2. The third-order valence-corrected chi connectivity index (χ3v) is 6.22. The van der Waals surface area contributed by atoms with Crippen molar-refractivity contribution < 1.29 is 32.2 Å². The number of methoxy groups -OCH3 is 3. The molecular formula is C23H24F3NO4. The molecule has 0 radical (unpaired) electrons. The van der Waals surface area contributed by atoms with E-state index in [2.05, 4.69) is 0 Å². The molecular weight excluding hydrogens is 411 g/mol. The Balaban J connectivity index is 1.99.